The van der Waals surface area contributed by atoms with Crippen molar-refractivity contribution in [2.24, 2.45) is 0 Å². The molecule has 4 heteroatoms. The molecule has 0 unspecified atom stereocenters. The number of carbonyl (C=O) groups excluding carboxylic acids is 1. The molecule has 0 aromatic rings. The Morgan fingerprint density at radius 2 is 2.57 bits per heavy atom. The molecular formula is C3H6N3O. The van der Waals surface area contributed by atoms with Gasteiger partial charge in [0.2, 0.25) is 0 Å². The van der Waals surface area contributed by atoms with Crippen LogP contribution in [0.15, 0.2) is 0 Å². The number of hydrogen-bond acceptors (Lipinski definition) is 3. The first-order chi connectivity index (χ1) is 3.29. The van der Waals surface area contributed by atoms with E-state index >= 15 is 0 Å². The van der Waals surface area contributed by atoms with Crippen molar-refractivity contribution in [3.8, 4) is 0 Å². The van der Waals surface area contributed by atoms with Crippen LogP contribution >= 0.6 is 0 Å². The summed E-state index contributed by atoms with van der Waals surface area (Å²) in [7, 11) is 3.38. The molecule has 1 heterocycles. The first-order valence-corrected chi connectivity index (χ1v) is 1.92. The van der Waals surface area contributed by atoms with Crippen molar-refractivity contribution in [2.45, 2.75) is 0 Å². The van der Waals surface area contributed by atoms with E-state index in [0.29, 0.717) is 6.54 Å². The average Bonchev–Trinajstić information content (AvgIpc) is 1.87. The van der Waals surface area contributed by atoms with Crippen molar-refractivity contribution in [2.75, 3.05) is 6.54 Å². The second kappa shape index (κ2) is 1.48. The Morgan fingerprint density at radius 1 is 1.86 bits per heavy atom. The fraction of sp³-hybridized carbons (Fsp3) is 0.333. The van der Waals surface area contributed by atoms with Gasteiger partial charge in [-0.2, -0.15) is 5.12 Å². The highest BCUT2D eigenvalue weighted by Gasteiger charge is 2.11. The predicted octanol–water partition coefficient (Wildman–Crippen LogP) is -1.37. The van der Waals surface area contributed by atoms with Crippen LogP contribution in [-0.4, -0.2) is 17.6 Å². The molecule has 0 aromatic carbocycles. The topological polar surface area (TPSA) is 44.4 Å². The van der Waals surface area contributed by atoms with Crippen molar-refractivity contribution in [1.29, 1.82) is 0 Å². The summed E-state index contributed by atoms with van der Waals surface area (Å²) in [6.45, 7) is 0.337. The largest absolute Gasteiger partial charge is 0.274 e. The lowest BCUT2D eigenvalue weighted by Crippen LogP contribution is -2.32. The number of carbonyl (C=O) groups is 1. The summed E-state index contributed by atoms with van der Waals surface area (Å²) in [5, 5.41) is 1.28. The van der Waals surface area contributed by atoms with E-state index in [1.165, 1.54) is 5.12 Å². The van der Waals surface area contributed by atoms with Crippen molar-refractivity contribution < 1.29 is 4.79 Å². The highest BCUT2D eigenvalue weighted by molar-refractivity contribution is 5.78. The maximum atomic E-state index is 10.2. The second-order valence-electron chi connectivity index (χ2n) is 1.30. The smallest absolute Gasteiger partial charge is 0.250 e. The molecule has 1 fully saturated rings. The standard InChI is InChI=1S/C3H6N3O/c1-6-4-2-3(7)5-6/h4H,1-2H2,(H,5,7). The number of nitrogens with zero attached hydrogens (tertiary/aromatic N) is 1. The third-order valence-corrected chi connectivity index (χ3v) is 0.690. The Labute approximate surface area is 41.4 Å². The van der Waals surface area contributed by atoms with E-state index in [4.69, 9.17) is 0 Å². The molecule has 0 spiro atoms. The first-order valence-electron chi connectivity index (χ1n) is 1.92. The molecule has 4 nitrogen and oxygen atoms in total. The third-order valence-electron chi connectivity index (χ3n) is 0.690. The lowest BCUT2D eigenvalue weighted by Gasteiger charge is -2.02. The van der Waals surface area contributed by atoms with E-state index in [1.54, 1.807) is 0 Å². The van der Waals surface area contributed by atoms with Crippen molar-refractivity contribution in [3.63, 3.8) is 0 Å². The molecule has 39 valence electrons. The van der Waals surface area contributed by atoms with Crippen molar-refractivity contribution in [3.05, 3.63) is 7.05 Å². The minimum absolute atomic E-state index is 0.0463. The number of amides is 1. The Hall–Kier alpha value is -0.610. The van der Waals surface area contributed by atoms with E-state index in [2.05, 4.69) is 17.9 Å². The first kappa shape index (κ1) is 4.55. The van der Waals surface area contributed by atoms with Crippen LogP contribution in [0, 0.1) is 7.05 Å². The SMILES string of the molecule is [CH2]N1NCC(=O)N1. The van der Waals surface area contributed by atoms with Crippen LogP contribution in [0.5, 0.6) is 0 Å². The monoisotopic (exact) mass is 100 g/mol. The predicted molar refractivity (Wildman–Crippen MR) is 23.3 cm³/mol. The summed E-state index contributed by atoms with van der Waals surface area (Å²) in [6.07, 6.45) is 0. The number of hydrogen-bond donors (Lipinski definition) is 2. The minimum atomic E-state index is -0.0463. The molecule has 1 amide bonds. The fourth-order valence-corrected chi connectivity index (χ4v) is 0.397. The van der Waals surface area contributed by atoms with Gasteiger partial charge in [0.25, 0.3) is 5.91 Å². The molecule has 1 aliphatic heterocycles. The second-order valence-corrected chi connectivity index (χ2v) is 1.30. The average molecular weight is 100 g/mol. The Balaban J connectivity index is 2.40. The van der Waals surface area contributed by atoms with Crippen LogP contribution in [0.3, 0.4) is 0 Å². The van der Waals surface area contributed by atoms with Crippen LogP contribution in [0.25, 0.3) is 0 Å². The van der Waals surface area contributed by atoms with Gasteiger partial charge in [0.1, 0.15) is 0 Å². The number of rotatable bonds is 0. The van der Waals surface area contributed by atoms with Gasteiger partial charge >= 0.3 is 0 Å². The van der Waals surface area contributed by atoms with Gasteiger partial charge in [-0.3, -0.25) is 10.2 Å². The Morgan fingerprint density at radius 3 is 2.71 bits per heavy atom. The minimum Gasteiger partial charge on any atom is -0.274 e. The van der Waals surface area contributed by atoms with Gasteiger partial charge in [0.05, 0.1) is 6.54 Å². The third kappa shape index (κ3) is 0.880. The molecule has 0 bridgehead atoms. The highest BCUT2D eigenvalue weighted by Crippen LogP contribution is 1.77. The molecule has 0 aliphatic carbocycles. The van der Waals surface area contributed by atoms with Crippen molar-refractivity contribution in [1.82, 2.24) is 16.0 Å². The van der Waals surface area contributed by atoms with Crippen LogP contribution in [0.2, 0.25) is 0 Å². The van der Waals surface area contributed by atoms with E-state index in [0.717, 1.165) is 0 Å². The highest BCUT2D eigenvalue weighted by atomic mass is 16.2. The lowest BCUT2D eigenvalue weighted by molar-refractivity contribution is -0.119. The molecule has 0 atom stereocenters. The van der Waals surface area contributed by atoms with Gasteiger partial charge in [-0.15, -0.1) is 0 Å². The Kier molecular flexibility index (Phi) is 0.958. The number of nitrogens with one attached hydrogen (secondary N) is 2. The van der Waals surface area contributed by atoms with Gasteiger partial charge in [0.15, 0.2) is 0 Å². The summed E-state index contributed by atoms with van der Waals surface area (Å²) in [5.41, 5.74) is 5.02. The van der Waals surface area contributed by atoms with Crippen LogP contribution in [0.1, 0.15) is 0 Å². The van der Waals surface area contributed by atoms with E-state index in [9.17, 15) is 4.79 Å². The summed E-state index contributed by atoms with van der Waals surface area (Å²) < 4.78 is 0. The van der Waals surface area contributed by atoms with E-state index in [-0.39, 0.29) is 5.91 Å². The molecule has 1 saturated heterocycles. The molecule has 0 saturated carbocycles. The van der Waals surface area contributed by atoms with Crippen LogP contribution in [-0.2, 0) is 4.79 Å². The zero-order valence-corrected chi connectivity index (χ0v) is 3.77. The van der Waals surface area contributed by atoms with Crippen LogP contribution in [0.4, 0.5) is 0 Å². The van der Waals surface area contributed by atoms with Crippen LogP contribution < -0.4 is 10.9 Å². The van der Waals surface area contributed by atoms with Gasteiger partial charge in [-0.1, -0.05) is 0 Å². The van der Waals surface area contributed by atoms with E-state index < -0.39 is 0 Å². The molecule has 1 radical (unpaired) electrons. The van der Waals surface area contributed by atoms with Gasteiger partial charge in [-0.05, 0) is 0 Å². The molecular weight excluding hydrogens is 94.1 g/mol. The van der Waals surface area contributed by atoms with Gasteiger partial charge in [-0.25, -0.2) is 5.43 Å². The summed E-state index contributed by atoms with van der Waals surface area (Å²) in [5.74, 6) is -0.0463. The zero-order valence-electron chi connectivity index (χ0n) is 3.77. The van der Waals surface area contributed by atoms with E-state index in [1.807, 2.05) is 0 Å². The quantitative estimate of drug-likeness (QED) is 0.394. The maximum Gasteiger partial charge on any atom is 0.250 e. The molecule has 2 N–H and O–H groups in total. The summed E-state index contributed by atoms with van der Waals surface area (Å²) in [4.78, 5) is 10.2. The lowest BCUT2D eigenvalue weighted by atomic mass is 10.7. The summed E-state index contributed by atoms with van der Waals surface area (Å²) in [6, 6.07) is 0. The number of hydrazine groups is 2. The molecule has 7 heavy (non-hydrogen) atoms. The van der Waals surface area contributed by atoms with Gasteiger partial charge in [0, 0.05) is 7.05 Å². The normalized spacial score (nSPS) is 22.7. The van der Waals surface area contributed by atoms with Crippen molar-refractivity contribution >= 4 is 5.91 Å². The molecule has 1 rings (SSSR count). The summed E-state index contributed by atoms with van der Waals surface area (Å²) >= 11 is 0. The Bertz CT molecular complexity index is 92.2. The van der Waals surface area contributed by atoms with Gasteiger partial charge < -0.3 is 0 Å². The maximum absolute atomic E-state index is 10.2. The zero-order chi connectivity index (χ0) is 5.28. The fourth-order valence-electron chi connectivity index (χ4n) is 0.397. The molecule has 0 aromatic heterocycles. The molecule has 1 aliphatic rings.